The lowest BCUT2D eigenvalue weighted by atomic mass is 10.1. The summed E-state index contributed by atoms with van der Waals surface area (Å²) in [6.45, 7) is 1.93. The van der Waals surface area contributed by atoms with Crippen molar-refractivity contribution in [2.75, 3.05) is 7.11 Å². The van der Waals surface area contributed by atoms with Gasteiger partial charge in [-0.3, -0.25) is 4.79 Å². The van der Waals surface area contributed by atoms with Gasteiger partial charge in [0.1, 0.15) is 5.75 Å². The van der Waals surface area contributed by atoms with Gasteiger partial charge in [0.25, 0.3) is 0 Å². The first-order valence-electron chi connectivity index (χ1n) is 8.58. The highest BCUT2D eigenvalue weighted by molar-refractivity contribution is 8.14. The average molecular weight is 408 g/mol. The first kappa shape index (κ1) is 20.0. The number of hydrogen-bond donors (Lipinski definition) is 0. The number of aliphatic imine (C=N–C) groups is 1. The van der Waals surface area contributed by atoms with Gasteiger partial charge in [0, 0.05) is 15.5 Å². The summed E-state index contributed by atoms with van der Waals surface area (Å²) in [4.78, 5) is 18.1. The number of rotatable bonds is 5. The molecule has 0 fully saturated rings. The number of carbonyl (C=O) groups excluding carboxylic acids is 1. The molecule has 3 nitrogen and oxygen atoms in total. The Labute approximate surface area is 173 Å². The van der Waals surface area contributed by atoms with E-state index < -0.39 is 0 Å². The average Bonchev–Trinajstić information content (AvgIpc) is 2.73. The first-order chi connectivity index (χ1) is 13.6. The normalized spacial score (nSPS) is 10.1. The third-order valence-corrected chi connectivity index (χ3v) is 5.15. The molecular weight excluding hydrogens is 390 g/mol. The van der Waals surface area contributed by atoms with Gasteiger partial charge < -0.3 is 4.74 Å². The van der Waals surface area contributed by atoms with Crippen LogP contribution in [0.15, 0.2) is 82.7 Å². The van der Waals surface area contributed by atoms with Gasteiger partial charge in [-0.2, -0.15) is 0 Å². The molecule has 0 saturated carbocycles. The summed E-state index contributed by atoms with van der Waals surface area (Å²) in [5.74, 6) is 3.77. The van der Waals surface area contributed by atoms with Crippen LogP contribution in [0.2, 0.25) is 5.02 Å². The number of benzene rings is 3. The molecule has 0 unspecified atom stereocenters. The summed E-state index contributed by atoms with van der Waals surface area (Å²) >= 11 is 7.24. The summed E-state index contributed by atoms with van der Waals surface area (Å²) in [5, 5.41) is 0.354. The predicted molar refractivity (Wildman–Crippen MR) is 117 cm³/mol. The first-order valence-corrected chi connectivity index (χ1v) is 9.78. The lowest BCUT2D eigenvalue weighted by Gasteiger charge is -2.06. The molecule has 0 radical (unpaired) electrons. The Balaban J connectivity index is 1.89. The Bertz CT molecular complexity index is 1040. The van der Waals surface area contributed by atoms with Crippen LogP contribution in [0.4, 0.5) is 5.69 Å². The number of thioether (sulfide) groups is 1. The molecular formula is C23H18ClNO2S. The van der Waals surface area contributed by atoms with Gasteiger partial charge in [0.05, 0.1) is 18.4 Å². The largest absolute Gasteiger partial charge is 0.497 e. The predicted octanol–water partition coefficient (Wildman–Crippen LogP) is 6.69. The zero-order valence-corrected chi connectivity index (χ0v) is 17.1. The molecule has 3 rings (SSSR count). The molecule has 0 bridgehead atoms. The minimum Gasteiger partial charge on any atom is -0.497 e. The number of allylic oxidation sites excluding steroid dienone is 1. The van der Waals surface area contributed by atoms with Crippen LogP contribution in [0.5, 0.6) is 5.75 Å². The van der Waals surface area contributed by atoms with Crippen LogP contribution in [0.25, 0.3) is 5.57 Å². The van der Waals surface area contributed by atoms with E-state index in [1.807, 2.05) is 61.5 Å². The minimum absolute atomic E-state index is 0.134. The van der Waals surface area contributed by atoms with Gasteiger partial charge in [0.15, 0.2) is 0 Å². The molecule has 0 heterocycles. The van der Waals surface area contributed by atoms with E-state index in [0.717, 1.165) is 33.5 Å². The fourth-order valence-electron chi connectivity index (χ4n) is 2.47. The molecule has 3 aromatic carbocycles. The third-order valence-electron chi connectivity index (χ3n) is 4.00. The summed E-state index contributed by atoms with van der Waals surface area (Å²) < 4.78 is 5.15. The molecule has 3 aromatic rings. The molecule has 0 aromatic heterocycles. The fourth-order valence-corrected chi connectivity index (χ4v) is 3.40. The Kier molecular flexibility index (Phi) is 6.72. The molecule has 0 aliphatic heterocycles. The maximum absolute atomic E-state index is 12.8. The second kappa shape index (κ2) is 9.43. The van der Waals surface area contributed by atoms with Crippen molar-refractivity contribution in [1.29, 1.82) is 0 Å². The molecule has 0 amide bonds. The van der Waals surface area contributed by atoms with E-state index in [1.165, 1.54) is 0 Å². The van der Waals surface area contributed by atoms with Crippen LogP contribution in [-0.2, 0) is 0 Å². The lowest BCUT2D eigenvalue weighted by molar-refractivity contribution is 0.108. The fraction of sp³-hybridized carbons (Fsp3) is 0.0870. The van der Waals surface area contributed by atoms with Crippen molar-refractivity contribution in [1.82, 2.24) is 0 Å². The van der Waals surface area contributed by atoms with Gasteiger partial charge >= 0.3 is 0 Å². The van der Waals surface area contributed by atoms with Crippen LogP contribution in [0, 0.1) is 0 Å². The van der Waals surface area contributed by atoms with Crippen LogP contribution in [0.1, 0.15) is 22.8 Å². The standard InChI is InChI=1S/C23H18ClNO2S/c1-16(17-6-4-3-5-7-17)15-25-22-13-8-18(24)14-21(22)23(26)28-20-11-9-19(27-2)10-12-20/h3-14H,1-2H3. The smallest absolute Gasteiger partial charge is 0.226 e. The van der Waals surface area contributed by atoms with Crippen molar-refractivity contribution < 1.29 is 9.53 Å². The van der Waals surface area contributed by atoms with E-state index in [-0.39, 0.29) is 5.12 Å². The van der Waals surface area contributed by atoms with Gasteiger partial charge in [-0.15, -0.1) is 0 Å². The van der Waals surface area contributed by atoms with Crippen molar-refractivity contribution in [3.63, 3.8) is 0 Å². The lowest BCUT2D eigenvalue weighted by Crippen LogP contribution is -1.94. The van der Waals surface area contributed by atoms with Crippen molar-refractivity contribution in [2.45, 2.75) is 11.8 Å². The third kappa shape index (κ3) is 5.14. The monoisotopic (exact) mass is 407 g/mol. The maximum atomic E-state index is 12.8. The molecule has 0 spiro atoms. The van der Waals surface area contributed by atoms with Crippen molar-refractivity contribution in [3.8, 4) is 5.75 Å². The number of carbonyl (C=O) groups is 1. The Morgan fingerprint density at radius 1 is 1.04 bits per heavy atom. The van der Waals surface area contributed by atoms with Gasteiger partial charge in [0.2, 0.25) is 5.12 Å². The van der Waals surface area contributed by atoms with E-state index in [9.17, 15) is 4.79 Å². The molecule has 28 heavy (non-hydrogen) atoms. The van der Waals surface area contributed by atoms with Crippen molar-refractivity contribution in [3.05, 3.63) is 88.9 Å². The minimum atomic E-state index is -0.134. The highest BCUT2D eigenvalue weighted by Gasteiger charge is 2.14. The zero-order chi connectivity index (χ0) is 19.9. The molecule has 0 atom stereocenters. The molecule has 0 aliphatic rings. The number of methoxy groups -OCH3 is 1. The second-order valence-corrected chi connectivity index (χ2v) is 7.42. The highest BCUT2D eigenvalue weighted by Crippen LogP contribution is 2.31. The molecule has 5 heteroatoms. The van der Waals surface area contributed by atoms with Gasteiger partial charge in [-0.1, -0.05) is 41.9 Å². The van der Waals surface area contributed by atoms with Crippen LogP contribution in [0.3, 0.4) is 0 Å². The number of nitrogens with zero attached hydrogens (tertiary/aromatic N) is 1. The van der Waals surface area contributed by atoms with Crippen LogP contribution >= 0.6 is 23.4 Å². The highest BCUT2D eigenvalue weighted by atomic mass is 35.5. The van der Waals surface area contributed by atoms with E-state index in [4.69, 9.17) is 16.3 Å². The van der Waals surface area contributed by atoms with Crippen molar-refractivity contribution in [2.24, 2.45) is 4.99 Å². The van der Waals surface area contributed by atoms with E-state index in [1.54, 1.807) is 25.3 Å². The summed E-state index contributed by atoms with van der Waals surface area (Å²) in [5.41, 5.74) is 2.89. The number of ether oxygens (including phenoxy) is 1. The summed E-state index contributed by atoms with van der Waals surface area (Å²) in [6.07, 6.45) is 0. The van der Waals surface area contributed by atoms with Crippen LogP contribution in [-0.4, -0.2) is 18.1 Å². The number of halogens is 1. The molecule has 0 saturated heterocycles. The number of hydrogen-bond acceptors (Lipinski definition) is 4. The molecule has 0 N–H and O–H groups in total. The Morgan fingerprint density at radius 2 is 1.75 bits per heavy atom. The summed E-state index contributed by atoms with van der Waals surface area (Å²) in [6, 6.07) is 22.3. The SMILES string of the molecule is COc1ccc(SC(=O)c2cc(Cl)ccc2N=C=C(C)c2ccccc2)cc1. The van der Waals surface area contributed by atoms with Crippen LogP contribution < -0.4 is 4.74 Å². The van der Waals surface area contributed by atoms with Gasteiger partial charge in [-0.25, -0.2) is 4.99 Å². The summed E-state index contributed by atoms with van der Waals surface area (Å²) in [7, 11) is 1.61. The topological polar surface area (TPSA) is 38.7 Å². The van der Waals surface area contributed by atoms with E-state index in [0.29, 0.717) is 16.3 Å². The van der Waals surface area contributed by atoms with E-state index >= 15 is 0 Å². The quantitative estimate of drug-likeness (QED) is 0.349. The maximum Gasteiger partial charge on any atom is 0.226 e. The Hall–Kier alpha value is -2.78. The second-order valence-electron chi connectivity index (χ2n) is 5.94. The van der Waals surface area contributed by atoms with Crippen molar-refractivity contribution >= 4 is 45.6 Å². The van der Waals surface area contributed by atoms with E-state index in [2.05, 4.69) is 10.9 Å². The molecule has 140 valence electrons. The van der Waals surface area contributed by atoms with Gasteiger partial charge in [-0.05, 0) is 72.6 Å². The Morgan fingerprint density at radius 3 is 2.43 bits per heavy atom. The molecule has 0 aliphatic carbocycles. The zero-order valence-electron chi connectivity index (χ0n) is 15.5.